The highest BCUT2D eigenvalue weighted by Gasteiger charge is 2.44. The number of carbonyl (C=O) groups is 7. The molecule has 0 aliphatic carbocycles. The summed E-state index contributed by atoms with van der Waals surface area (Å²) in [5.74, 6) is -2.96. The van der Waals surface area contributed by atoms with Crippen molar-refractivity contribution >= 4 is 41.5 Å². The highest BCUT2D eigenvalue weighted by molar-refractivity contribution is 5.99. The van der Waals surface area contributed by atoms with Gasteiger partial charge >= 0.3 is 11.9 Å². The number of carboxylic acid groups (broad SMARTS) is 1. The Balaban J connectivity index is 0.000000208. The molecule has 15 nitrogen and oxygen atoms in total. The van der Waals surface area contributed by atoms with Crippen LogP contribution in [0.2, 0.25) is 0 Å². The summed E-state index contributed by atoms with van der Waals surface area (Å²) in [5.41, 5.74) is 0.949. The number of rotatable bonds is 9. The van der Waals surface area contributed by atoms with Crippen LogP contribution in [0, 0.1) is 0 Å². The van der Waals surface area contributed by atoms with Crippen LogP contribution in [0.1, 0.15) is 98.3 Å². The molecule has 59 heavy (non-hydrogen) atoms. The smallest absolute Gasteiger partial charge is 0.326 e. The van der Waals surface area contributed by atoms with E-state index in [4.69, 9.17) is 9.47 Å². The fraction of sp³-hybridized carbons (Fsp3) is 0.477. The Labute approximate surface area is 343 Å². The molecular formula is C44H53N5O10. The molecule has 1 unspecified atom stereocenters. The van der Waals surface area contributed by atoms with Crippen LogP contribution in [-0.4, -0.2) is 112 Å². The van der Waals surface area contributed by atoms with Crippen LogP contribution in [0.25, 0.3) is 0 Å². The van der Waals surface area contributed by atoms with E-state index < -0.39 is 48.4 Å². The maximum absolute atomic E-state index is 13.7. The molecule has 2 aromatic carbocycles. The van der Waals surface area contributed by atoms with E-state index in [0.29, 0.717) is 56.3 Å². The Kier molecular flexibility index (Phi) is 14.7. The topological polar surface area (TPSA) is 201 Å². The zero-order chi connectivity index (χ0) is 41.9. The second-order valence-electron chi connectivity index (χ2n) is 15.3. The predicted molar refractivity (Wildman–Crippen MR) is 214 cm³/mol. The van der Waals surface area contributed by atoms with Crippen molar-refractivity contribution < 1.29 is 48.1 Å². The zero-order valence-electron chi connectivity index (χ0n) is 33.2. The van der Waals surface area contributed by atoms with Gasteiger partial charge in [-0.05, 0) is 95.4 Å². The van der Waals surface area contributed by atoms with Crippen molar-refractivity contribution in [3.05, 3.63) is 96.1 Å². The van der Waals surface area contributed by atoms with Gasteiger partial charge in [-0.3, -0.25) is 28.8 Å². The Morgan fingerprint density at radius 3 is 1.64 bits per heavy atom. The van der Waals surface area contributed by atoms with E-state index in [9.17, 15) is 38.7 Å². The lowest BCUT2D eigenvalue weighted by Gasteiger charge is -2.43. The SMILES string of the molecule is CCOC1OC(=O)C[C@@H]1NC(=O)[C@@H]1CCC[C@@H]2C/C=C\C[C@H](NC(=O)c3ccccc3)C(=O)N21.O=C(N[C@H]1C/C=C\C[C@H]2CCC[C@@H](C(=O)O)N2C1=O)c1ccccc1. The third kappa shape index (κ3) is 10.6. The lowest BCUT2D eigenvalue weighted by Crippen LogP contribution is -2.62. The van der Waals surface area contributed by atoms with Crippen LogP contribution in [0.4, 0.5) is 0 Å². The second kappa shape index (κ2) is 20.2. The molecule has 314 valence electrons. The summed E-state index contributed by atoms with van der Waals surface area (Å²) in [6.45, 7) is 2.13. The number of hydrogen-bond acceptors (Lipinski definition) is 9. The van der Waals surface area contributed by atoms with E-state index in [1.165, 1.54) is 4.90 Å². The third-order valence-electron chi connectivity index (χ3n) is 11.4. The van der Waals surface area contributed by atoms with Crippen LogP contribution in [0.3, 0.4) is 0 Å². The van der Waals surface area contributed by atoms with Gasteiger partial charge in [0.25, 0.3) is 11.8 Å². The van der Waals surface area contributed by atoms with E-state index in [1.54, 1.807) is 60.4 Å². The van der Waals surface area contributed by atoms with Crippen LogP contribution in [0.5, 0.6) is 0 Å². The van der Waals surface area contributed by atoms with Crippen molar-refractivity contribution in [2.45, 2.75) is 126 Å². The van der Waals surface area contributed by atoms with Crippen molar-refractivity contribution in [3.63, 3.8) is 0 Å². The molecule has 3 fully saturated rings. The van der Waals surface area contributed by atoms with Gasteiger partial charge in [-0.15, -0.1) is 0 Å². The van der Waals surface area contributed by atoms with Gasteiger partial charge in [0.15, 0.2) is 0 Å². The number of amides is 5. The number of fused-ring (bicyclic) bond motifs is 2. The fourth-order valence-electron chi connectivity index (χ4n) is 8.47. The molecule has 3 saturated heterocycles. The standard InChI is InChI=1S/C25H31N3O6.C19H22N2O4/c1-2-33-25-19(15-21(29)34-25)27-23(31)20-14-8-12-17-11-6-7-13-18(24(32)28(17)20)26-22(30)16-9-4-3-5-10-16;22-17(13-7-2-1-3-8-13)20-15-11-5-4-9-14-10-6-12-16(19(24)25)21(14)18(15)23/h3-7,9-10,17-20,25H,2,8,11-15H2,1H3,(H,26,30)(H,27,31);1-5,7-8,14-16H,6,9-12H2,(H,20,22)(H,24,25)/b7-6-;5-4-/t17-,18-,19-,20-,25?;14-,15-,16-/m00/s1. The lowest BCUT2D eigenvalue weighted by molar-refractivity contribution is -0.165. The second-order valence-corrected chi connectivity index (χ2v) is 15.3. The largest absolute Gasteiger partial charge is 0.480 e. The van der Waals surface area contributed by atoms with Crippen molar-refractivity contribution in [3.8, 4) is 0 Å². The molecule has 0 saturated carbocycles. The van der Waals surface area contributed by atoms with Gasteiger partial charge < -0.3 is 40.3 Å². The molecule has 8 atom stereocenters. The molecule has 5 aliphatic heterocycles. The van der Waals surface area contributed by atoms with Gasteiger partial charge in [-0.2, -0.15) is 0 Å². The first-order valence-electron chi connectivity index (χ1n) is 20.6. The summed E-state index contributed by atoms with van der Waals surface area (Å²) < 4.78 is 10.6. The maximum atomic E-state index is 13.7. The minimum atomic E-state index is -0.976. The average molecular weight is 812 g/mol. The molecule has 0 bridgehead atoms. The van der Waals surface area contributed by atoms with E-state index in [2.05, 4.69) is 16.0 Å². The Hall–Kier alpha value is -5.83. The fourth-order valence-corrected chi connectivity index (χ4v) is 8.47. The van der Waals surface area contributed by atoms with Gasteiger partial charge in [-0.1, -0.05) is 60.7 Å². The lowest BCUT2D eigenvalue weighted by atomic mass is 9.90. The van der Waals surface area contributed by atoms with E-state index >= 15 is 0 Å². The number of benzene rings is 2. The van der Waals surface area contributed by atoms with Gasteiger partial charge in [0.2, 0.25) is 24.0 Å². The Morgan fingerprint density at radius 1 is 0.678 bits per heavy atom. The first-order valence-corrected chi connectivity index (χ1v) is 20.6. The molecular weight excluding hydrogens is 759 g/mol. The Bertz CT molecular complexity index is 1910. The number of carbonyl (C=O) groups excluding carboxylic acids is 6. The van der Waals surface area contributed by atoms with Crippen molar-refractivity contribution in [1.82, 2.24) is 25.8 Å². The minimum Gasteiger partial charge on any atom is -0.480 e. The number of nitrogens with one attached hydrogen (secondary N) is 3. The molecule has 2 aromatic rings. The number of nitrogens with zero attached hydrogens (tertiary/aromatic N) is 2. The molecule has 15 heteroatoms. The van der Waals surface area contributed by atoms with Gasteiger partial charge in [0, 0.05) is 29.8 Å². The molecule has 0 radical (unpaired) electrons. The predicted octanol–water partition coefficient (Wildman–Crippen LogP) is 3.65. The van der Waals surface area contributed by atoms with E-state index in [1.807, 2.05) is 36.4 Å². The molecule has 5 heterocycles. The first kappa shape index (κ1) is 42.8. The van der Waals surface area contributed by atoms with Crippen LogP contribution in [-0.2, 0) is 33.4 Å². The van der Waals surface area contributed by atoms with Gasteiger partial charge in [0.05, 0.1) is 6.42 Å². The van der Waals surface area contributed by atoms with Gasteiger partial charge in [-0.25, -0.2) is 4.79 Å². The van der Waals surface area contributed by atoms with Crippen LogP contribution >= 0.6 is 0 Å². The number of ether oxygens (including phenoxy) is 2. The van der Waals surface area contributed by atoms with Crippen molar-refractivity contribution in [2.75, 3.05) is 6.61 Å². The summed E-state index contributed by atoms with van der Waals surface area (Å²) in [7, 11) is 0. The summed E-state index contributed by atoms with van der Waals surface area (Å²) >= 11 is 0. The molecule has 4 N–H and O–H groups in total. The molecule has 5 amide bonds. The molecule has 0 aromatic heterocycles. The number of carboxylic acids is 1. The average Bonchev–Trinajstić information content (AvgIpc) is 3.59. The van der Waals surface area contributed by atoms with Gasteiger partial charge in [0.1, 0.15) is 30.2 Å². The third-order valence-corrected chi connectivity index (χ3v) is 11.4. The Morgan fingerprint density at radius 2 is 1.15 bits per heavy atom. The van der Waals surface area contributed by atoms with Crippen molar-refractivity contribution in [1.29, 1.82) is 0 Å². The highest BCUT2D eigenvalue weighted by atomic mass is 16.7. The quantitative estimate of drug-likeness (QED) is 0.214. The summed E-state index contributed by atoms with van der Waals surface area (Å²) in [6, 6.07) is 13.6. The van der Waals surface area contributed by atoms with E-state index in [-0.39, 0.29) is 48.0 Å². The molecule has 5 aliphatic rings. The summed E-state index contributed by atoms with van der Waals surface area (Å²) in [5, 5.41) is 18.0. The normalized spacial score (nSPS) is 28.9. The number of esters is 1. The maximum Gasteiger partial charge on any atom is 0.326 e. The minimum absolute atomic E-state index is 0.0268. The number of aliphatic carboxylic acids is 1. The van der Waals surface area contributed by atoms with Crippen LogP contribution in [0.15, 0.2) is 85.0 Å². The molecule has 7 rings (SSSR count). The number of hydrogen-bond donors (Lipinski definition) is 4. The highest BCUT2D eigenvalue weighted by Crippen LogP contribution is 2.30. The first-order chi connectivity index (χ1) is 28.5. The van der Waals surface area contributed by atoms with Crippen molar-refractivity contribution in [2.24, 2.45) is 0 Å². The monoisotopic (exact) mass is 811 g/mol. The summed E-state index contributed by atoms with van der Waals surface area (Å²) in [6.07, 6.45) is 13.2. The van der Waals surface area contributed by atoms with E-state index in [0.717, 1.165) is 25.7 Å². The van der Waals surface area contributed by atoms with Crippen LogP contribution < -0.4 is 16.0 Å². The zero-order valence-corrected chi connectivity index (χ0v) is 33.2. The number of cyclic esters (lactones) is 1. The molecule has 0 spiro atoms. The summed E-state index contributed by atoms with van der Waals surface area (Å²) in [4.78, 5) is 91.7. The number of piperidine rings is 2.